The molecule has 2 atom stereocenters. The van der Waals surface area contributed by atoms with Gasteiger partial charge in [-0.3, -0.25) is 4.90 Å². The van der Waals surface area contributed by atoms with Crippen molar-refractivity contribution >= 4 is 6.03 Å². The lowest BCUT2D eigenvalue weighted by atomic mass is 10.1. The molecule has 0 saturated carbocycles. The summed E-state index contributed by atoms with van der Waals surface area (Å²) >= 11 is 0. The summed E-state index contributed by atoms with van der Waals surface area (Å²) in [6.07, 6.45) is 0.793. The third-order valence-corrected chi connectivity index (χ3v) is 4.87. The highest BCUT2D eigenvalue weighted by Crippen LogP contribution is 2.29. The van der Waals surface area contributed by atoms with Gasteiger partial charge in [-0.15, -0.1) is 0 Å². The molecule has 4 N–H and O–H groups in total. The number of carbonyl (C=O) groups excluding carboxylic acids is 1. The molecule has 6 heteroatoms. The van der Waals surface area contributed by atoms with Crippen LogP contribution in [0.25, 0.3) is 0 Å². The van der Waals surface area contributed by atoms with E-state index in [2.05, 4.69) is 16.3 Å². The minimum atomic E-state index is -0.702. The van der Waals surface area contributed by atoms with Crippen molar-refractivity contribution in [3.05, 3.63) is 35.4 Å². The first-order chi connectivity index (χ1) is 11.3. The van der Waals surface area contributed by atoms with E-state index in [1.807, 2.05) is 36.9 Å². The Balaban J connectivity index is 1.51. The van der Waals surface area contributed by atoms with Crippen molar-refractivity contribution < 1.29 is 9.90 Å². The second-order valence-corrected chi connectivity index (χ2v) is 7.56. The van der Waals surface area contributed by atoms with E-state index >= 15 is 0 Å². The Morgan fingerprint density at radius 3 is 2.58 bits per heavy atom. The van der Waals surface area contributed by atoms with Gasteiger partial charge in [-0.2, -0.15) is 0 Å². The molecule has 1 fully saturated rings. The Bertz CT molecular complexity index is 591. The summed E-state index contributed by atoms with van der Waals surface area (Å²) in [4.78, 5) is 16.6. The van der Waals surface area contributed by atoms with Crippen LogP contribution in [0.15, 0.2) is 24.3 Å². The van der Waals surface area contributed by atoms with Gasteiger partial charge in [0.25, 0.3) is 0 Å². The highest BCUT2D eigenvalue weighted by Gasteiger charge is 2.32. The highest BCUT2D eigenvalue weighted by atomic mass is 16.3. The Labute approximate surface area is 143 Å². The first-order valence-corrected chi connectivity index (χ1v) is 8.67. The molecular formula is C18H28N4O2. The molecule has 0 unspecified atom stereocenters. The van der Waals surface area contributed by atoms with Crippen LogP contribution < -0.4 is 11.1 Å². The lowest BCUT2D eigenvalue weighted by Crippen LogP contribution is -2.56. The number of hydrogen-bond donors (Lipinski definition) is 3. The predicted octanol–water partition coefficient (Wildman–Crippen LogP) is 0.709. The zero-order valence-corrected chi connectivity index (χ0v) is 14.5. The molecule has 1 aliphatic heterocycles. The first kappa shape index (κ1) is 17.2. The number of benzene rings is 1. The van der Waals surface area contributed by atoms with E-state index in [0.717, 1.165) is 25.1 Å². The minimum absolute atomic E-state index is 0.0360. The third-order valence-electron chi connectivity index (χ3n) is 4.87. The van der Waals surface area contributed by atoms with Crippen LogP contribution in [0.1, 0.15) is 31.0 Å². The maximum absolute atomic E-state index is 12.5. The number of nitrogens with two attached hydrogens (primary N) is 1. The van der Waals surface area contributed by atoms with Gasteiger partial charge in [0, 0.05) is 32.7 Å². The van der Waals surface area contributed by atoms with Gasteiger partial charge < -0.3 is 21.1 Å². The highest BCUT2D eigenvalue weighted by molar-refractivity contribution is 5.75. The Morgan fingerprint density at radius 2 is 1.96 bits per heavy atom. The number of urea groups is 1. The fourth-order valence-electron chi connectivity index (χ4n) is 3.67. The van der Waals surface area contributed by atoms with Crippen LogP contribution in [-0.4, -0.2) is 65.3 Å². The molecule has 0 bridgehead atoms. The van der Waals surface area contributed by atoms with Gasteiger partial charge in [0.05, 0.1) is 17.7 Å². The van der Waals surface area contributed by atoms with Crippen molar-refractivity contribution in [2.45, 2.75) is 38.0 Å². The number of hydrogen-bond acceptors (Lipinski definition) is 4. The number of rotatable bonds is 3. The molecule has 2 aliphatic rings. The van der Waals surface area contributed by atoms with Crippen molar-refractivity contribution in [3.63, 3.8) is 0 Å². The van der Waals surface area contributed by atoms with E-state index in [4.69, 9.17) is 5.73 Å². The van der Waals surface area contributed by atoms with Crippen molar-refractivity contribution in [1.29, 1.82) is 0 Å². The zero-order valence-electron chi connectivity index (χ0n) is 14.5. The molecule has 1 saturated heterocycles. The number of nitrogens with zero attached hydrogens (tertiary/aromatic N) is 2. The van der Waals surface area contributed by atoms with E-state index in [1.165, 1.54) is 5.56 Å². The van der Waals surface area contributed by atoms with Crippen LogP contribution >= 0.6 is 0 Å². The van der Waals surface area contributed by atoms with Gasteiger partial charge >= 0.3 is 6.03 Å². The molecule has 0 aromatic heterocycles. The van der Waals surface area contributed by atoms with E-state index in [-0.39, 0.29) is 18.1 Å². The molecule has 0 spiro atoms. The summed E-state index contributed by atoms with van der Waals surface area (Å²) < 4.78 is 0. The fraction of sp³-hybridized carbons (Fsp3) is 0.611. The zero-order chi connectivity index (χ0) is 17.3. The van der Waals surface area contributed by atoms with E-state index in [1.54, 1.807) is 0 Å². The van der Waals surface area contributed by atoms with Crippen LogP contribution in [0.5, 0.6) is 0 Å². The minimum Gasteiger partial charge on any atom is -0.389 e. The summed E-state index contributed by atoms with van der Waals surface area (Å²) in [6.45, 7) is 7.18. The van der Waals surface area contributed by atoms with E-state index in [0.29, 0.717) is 19.6 Å². The van der Waals surface area contributed by atoms with Crippen LogP contribution in [0.3, 0.4) is 0 Å². The number of amides is 2. The van der Waals surface area contributed by atoms with Gasteiger partial charge in [0.15, 0.2) is 0 Å². The molecular weight excluding hydrogens is 304 g/mol. The second kappa shape index (κ2) is 6.70. The van der Waals surface area contributed by atoms with Crippen molar-refractivity contribution in [1.82, 2.24) is 15.1 Å². The standard InChI is InChI=1S/C18H28N4O2/c1-18(2,24)12-21-7-9-22(10-8-21)17(23)20-15-11-13-5-3-4-6-14(13)16(15)19/h3-6,15-16,24H,7-12,19H2,1-2H3,(H,20,23)/t15-,16-/m1/s1. The van der Waals surface area contributed by atoms with Crippen LogP contribution in [0.4, 0.5) is 4.79 Å². The van der Waals surface area contributed by atoms with E-state index < -0.39 is 5.60 Å². The number of nitrogens with one attached hydrogen (secondary N) is 1. The molecule has 1 aromatic rings. The topological polar surface area (TPSA) is 81.8 Å². The second-order valence-electron chi connectivity index (χ2n) is 7.56. The number of fused-ring (bicyclic) bond motifs is 1. The average Bonchev–Trinajstić information content (AvgIpc) is 2.83. The van der Waals surface area contributed by atoms with Crippen molar-refractivity contribution in [2.24, 2.45) is 5.73 Å². The molecule has 0 radical (unpaired) electrons. The molecule has 1 aliphatic carbocycles. The number of β-amino-alcohol motifs (C(OH)–C–C–N with tert-alkyl or cyclic N) is 1. The maximum Gasteiger partial charge on any atom is 0.317 e. The predicted molar refractivity (Wildman–Crippen MR) is 93.7 cm³/mol. The van der Waals surface area contributed by atoms with Gasteiger partial charge in [-0.05, 0) is 31.4 Å². The van der Waals surface area contributed by atoms with Crippen LogP contribution in [0.2, 0.25) is 0 Å². The summed E-state index contributed by atoms with van der Waals surface area (Å²) in [5, 5.41) is 13.0. The summed E-state index contributed by atoms with van der Waals surface area (Å²) in [5.74, 6) is 0. The van der Waals surface area contributed by atoms with E-state index in [9.17, 15) is 9.90 Å². The molecule has 2 amide bonds. The quantitative estimate of drug-likeness (QED) is 0.761. The molecule has 1 heterocycles. The van der Waals surface area contributed by atoms with Crippen molar-refractivity contribution in [3.8, 4) is 0 Å². The smallest absolute Gasteiger partial charge is 0.317 e. The van der Waals surface area contributed by atoms with Gasteiger partial charge in [0.1, 0.15) is 0 Å². The monoisotopic (exact) mass is 332 g/mol. The fourth-order valence-corrected chi connectivity index (χ4v) is 3.67. The molecule has 132 valence electrons. The van der Waals surface area contributed by atoms with Crippen LogP contribution in [-0.2, 0) is 6.42 Å². The number of piperazine rings is 1. The Kier molecular flexibility index (Phi) is 4.80. The average molecular weight is 332 g/mol. The molecule has 1 aromatic carbocycles. The maximum atomic E-state index is 12.5. The lowest BCUT2D eigenvalue weighted by Gasteiger charge is -2.37. The SMILES string of the molecule is CC(C)(O)CN1CCN(C(=O)N[C@@H]2Cc3ccccc3[C@H]2N)CC1. The van der Waals surface area contributed by atoms with Gasteiger partial charge in [0.2, 0.25) is 0 Å². The van der Waals surface area contributed by atoms with Gasteiger partial charge in [-0.25, -0.2) is 4.79 Å². The summed E-state index contributed by atoms with van der Waals surface area (Å²) in [5.41, 5.74) is 7.95. The first-order valence-electron chi connectivity index (χ1n) is 8.67. The van der Waals surface area contributed by atoms with Gasteiger partial charge in [-0.1, -0.05) is 24.3 Å². The lowest BCUT2D eigenvalue weighted by molar-refractivity contribution is 0.0223. The summed E-state index contributed by atoms with van der Waals surface area (Å²) in [6, 6.07) is 7.91. The molecule has 3 rings (SSSR count). The third kappa shape index (κ3) is 3.88. The van der Waals surface area contributed by atoms with Crippen LogP contribution in [0, 0.1) is 0 Å². The Hall–Kier alpha value is -1.63. The normalized spacial score (nSPS) is 24.8. The summed E-state index contributed by atoms with van der Waals surface area (Å²) in [7, 11) is 0. The van der Waals surface area contributed by atoms with Crippen molar-refractivity contribution in [2.75, 3.05) is 32.7 Å². The number of carbonyl (C=O) groups is 1. The number of aliphatic hydroxyl groups is 1. The largest absolute Gasteiger partial charge is 0.389 e. The Morgan fingerprint density at radius 1 is 1.29 bits per heavy atom. The molecule has 6 nitrogen and oxygen atoms in total. The molecule has 24 heavy (non-hydrogen) atoms.